The van der Waals surface area contributed by atoms with Crippen LogP contribution >= 0.6 is 11.6 Å². The number of hydrogen-bond acceptors (Lipinski definition) is 3. The minimum Gasteiger partial charge on any atom is -0.397 e. The molecule has 0 fully saturated rings. The molecule has 0 bridgehead atoms. The SMILES string of the molecule is Cc1cccc(CN(C)C(=O)c2cc(N)cnc2Cl)c1. The molecule has 5 heteroatoms. The van der Waals surface area contributed by atoms with E-state index in [-0.39, 0.29) is 11.1 Å². The maximum atomic E-state index is 12.4. The lowest BCUT2D eigenvalue weighted by Crippen LogP contribution is -2.26. The third-order valence-corrected chi connectivity index (χ3v) is 3.24. The first-order valence-corrected chi connectivity index (χ1v) is 6.57. The summed E-state index contributed by atoms with van der Waals surface area (Å²) >= 11 is 5.95. The largest absolute Gasteiger partial charge is 0.397 e. The number of nitrogens with zero attached hydrogens (tertiary/aromatic N) is 2. The Balaban J connectivity index is 2.18. The van der Waals surface area contributed by atoms with Crippen molar-refractivity contribution in [2.75, 3.05) is 12.8 Å². The molecule has 104 valence electrons. The number of aryl methyl sites for hydroxylation is 1. The van der Waals surface area contributed by atoms with Crippen molar-refractivity contribution < 1.29 is 4.79 Å². The van der Waals surface area contributed by atoms with Crippen molar-refractivity contribution in [2.24, 2.45) is 0 Å². The fraction of sp³-hybridized carbons (Fsp3) is 0.200. The van der Waals surface area contributed by atoms with Crippen LogP contribution in [0, 0.1) is 6.92 Å². The number of carbonyl (C=O) groups excluding carboxylic acids is 1. The van der Waals surface area contributed by atoms with Gasteiger partial charge in [-0.25, -0.2) is 4.98 Å². The highest BCUT2D eigenvalue weighted by atomic mass is 35.5. The highest BCUT2D eigenvalue weighted by Gasteiger charge is 2.16. The number of halogens is 1. The van der Waals surface area contributed by atoms with Crippen LogP contribution in [-0.4, -0.2) is 22.8 Å². The zero-order valence-corrected chi connectivity index (χ0v) is 12.2. The van der Waals surface area contributed by atoms with Crippen LogP contribution in [0.4, 0.5) is 5.69 Å². The zero-order valence-electron chi connectivity index (χ0n) is 11.4. The maximum Gasteiger partial charge on any atom is 0.257 e. The Morgan fingerprint density at radius 3 is 2.85 bits per heavy atom. The van der Waals surface area contributed by atoms with Gasteiger partial charge in [-0.2, -0.15) is 0 Å². The first kappa shape index (κ1) is 14.3. The van der Waals surface area contributed by atoms with E-state index < -0.39 is 0 Å². The maximum absolute atomic E-state index is 12.4. The first-order chi connectivity index (χ1) is 9.47. The van der Waals surface area contributed by atoms with Crippen LogP contribution in [0.25, 0.3) is 0 Å². The minimum absolute atomic E-state index is 0.167. The summed E-state index contributed by atoms with van der Waals surface area (Å²) in [6.45, 7) is 2.52. The van der Waals surface area contributed by atoms with Crippen LogP contribution in [0.1, 0.15) is 21.5 Å². The number of carbonyl (C=O) groups is 1. The molecule has 20 heavy (non-hydrogen) atoms. The predicted molar refractivity (Wildman–Crippen MR) is 80.6 cm³/mol. The molecule has 2 N–H and O–H groups in total. The van der Waals surface area contributed by atoms with Crippen molar-refractivity contribution in [3.05, 3.63) is 58.4 Å². The van der Waals surface area contributed by atoms with Crippen molar-refractivity contribution in [1.82, 2.24) is 9.88 Å². The number of benzene rings is 1. The van der Waals surface area contributed by atoms with Gasteiger partial charge in [0.25, 0.3) is 5.91 Å². The van der Waals surface area contributed by atoms with Gasteiger partial charge in [0.15, 0.2) is 0 Å². The van der Waals surface area contributed by atoms with Crippen LogP contribution in [0.5, 0.6) is 0 Å². The van der Waals surface area contributed by atoms with Gasteiger partial charge >= 0.3 is 0 Å². The normalized spacial score (nSPS) is 10.3. The number of aromatic nitrogens is 1. The van der Waals surface area contributed by atoms with Gasteiger partial charge in [0.1, 0.15) is 5.15 Å². The topological polar surface area (TPSA) is 59.2 Å². The van der Waals surface area contributed by atoms with E-state index in [9.17, 15) is 4.79 Å². The van der Waals surface area contributed by atoms with Gasteiger partial charge in [0.05, 0.1) is 17.4 Å². The number of anilines is 1. The summed E-state index contributed by atoms with van der Waals surface area (Å²) in [4.78, 5) is 17.8. The molecule has 0 atom stereocenters. The average molecular weight is 290 g/mol. The smallest absolute Gasteiger partial charge is 0.257 e. The van der Waals surface area contributed by atoms with Gasteiger partial charge < -0.3 is 10.6 Å². The predicted octanol–water partition coefficient (Wildman–Crippen LogP) is 2.90. The summed E-state index contributed by atoms with van der Waals surface area (Å²) in [5, 5.41) is 0.167. The monoisotopic (exact) mass is 289 g/mol. The highest BCUT2D eigenvalue weighted by molar-refractivity contribution is 6.32. The summed E-state index contributed by atoms with van der Waals surface area (Å²) in [6, 6.07) is 9.56. The molecule has 1 amide bonds. The second-order valence-electron chi connectivity index (χ2n) is 4.76. The Morgan fingerprint density at radius 1 is 1.40 bits per heavy atom. The van der Waals surface area contributed by atoms with Gasteiger partial charge in [0.2, 0.25) is 0 Å². The molecular formula is C15H16ClN3O. The van der Waals surface area contributed by atoms with Crippen LogP contribution in [0.2, 0.25) is 5.15 Å². The van der Waals surface area contributed by atoms with Gasteiger partial charge in [-0.15, -0.1) is 0 Å². The highest BCUT2D eigenvalue weighted by Crippen LogP contribution is 2.18. The van der Waals surface area contributed by atoms with E-state index in [1.165, 1.54) is 6.20 Å². The van der Waals surface area contributed by atoms with Gasteiger partial charge in [-0.3, -0.25) is 4.79 Å². The minimum atomic E-state index is -0.198. The summed E-state index contributed by atoms with van der Waals surface area (Å²) in [6.07, 6.45) is 1.43. The number of nitrogen functional groups attached to an aromatic ring is 1. The van der Waals surface area contributed by atoms with Crippen molar-refractivity contribution in [2.45, 2.75) is 13.5 Å². The molecule has 1 aromatic heterocycles. The number of pyridine rings is 1. The Labute approximate surface area is 123 Å². The van der Waals surface area contributed by atoms with Crippen LogP contribution < -0.4 is 5.73 Å². The fourth-order valence-electron chi connectivity index (χ4n) is 1.98. The molecule has 1 aromatic carbocycles. The van der Waals surface area contributed by atoms with Crippen molar-refractivity contribution in [3.8, 4) is 0 Å². The Hall–Kier alpha value is -2.07. The van der Waals surface area contributed by atoms with E-state index in [4.69, 9.17) is 17.3 Å². The summed E-state index contributed by atoms with van der Waals surface area (Å²) < 4.78 is 0. The van der Waals surface area contributed by atoms with E-state index in [0.29, 0.717) is 17.8 Å². The summed E-state index contributed by atoms with van der Waals surface area (Å²) in [5.41, 5.74) is 8.61. The molecule has 2 aromatic rings. The molecule has 0 unspecified atom stereocenters. The van der Waals surface area contributed by atoms with E-state index in [2.05, 4.69) is 4.98 Å². The van der Waals surface area contributed by atoms with Crippen molar-refractivity contribution in [3.63, 3.8) is 0 Å². The Kier molecular flexibility index (Phi) is 4.25. The van der Waals surface area contributed by atoms with E-state index in [1.807, 2.05) is 31.2 Å². The van der Waals surface area contributed by atoms with Crippen LogP contribution in [0.3, 0.4) is 0 Å². The molecule has 0 saturated carbocycles. The van der Waals surface area contributed by atoms with E-state index >= 15 is 0 Å². The van der Waals surface area contributed by atoms with Crippen LogP contribution in [-0.2, 0) is 6.54 Å². The number of hydrogen-bond donors (Lipinski definition) is 1. The Bertz CT molecular complexity index is 643. The summed E-state index contributed by atoms with van der Waals surface area (Å²) in [7, 11) is 1.73. The molecule has 0 aliphatic heterocycles. The average Bonchev–Trinajstić information content (AvgIpc) is 2.40. The van der Waals surface area contributed by atoms with Crippen molar-refractivity contribution in [1.29, 1.82) is 0 Å². The molecule has 0 aliphatic carbocycles. The van der Waals surface area contributed by atoms with E-state index in [1.54, 1.807) is 18.0 Å². The summed E-state index contributed by atoms with van der Waals surface area (Å²) in [5.74, 6) is -0.198. The molecule has 0 saturated heterocycles. The zero-order chi connectivity index (χ0) is 14.7. The van der Waals surface area contributed by atoms with Gasteiger partial charge in [-0.05, 0) is 18.6 Å². The first-order valence-electron chi connectivity index (χ1n) is 6.19. The third-order valence-electron chi connectivity index (χ3n) is 2.94. The molecular weight excluding hydrogens is 274 g/mol. The lowest BCUT2D eigenvalue weighted by Gasteiger charge is -2.18. The second kappa shape index (κ2) is 5.92. The molecule has 0 aliphatic rings. The molecule has 1 heterocycles. The third kappa shape index (κ3) is 3.27. The van der Waals surface area contributed by atoms with Crippen molar-refractivity contribution >= 4 is 23.2 Å². The van der Waals surface area contributed by atoms with Gasteiger partial charge in [-0.1, -0.05) is 41.4 Å². The number of rotatable bonds is 3. The second-order valence-corrected chi connectivity index (χ2v) is 5.12. The van der Waals surface area contributed by atoms with E-state index in [0.717, 1.165) is 11.1 Å². The lowest BCUT2D eigenvalue weighted by atomic mass is 10.1. The molecule has 0 radical (unpaired) electrons. The molecule has 0 spiro atoms. The number of amides is 1. The fourth-order valence-corrected chi connectivity index (χ4v) is 2.16. The van der Waals surface area contributed by atoms with Crippen LogP contribution in [0.15, 0.2) is 36.5 Å². The quantitative estimate of drug-likeness (QED) is 0.884. The number of nitrogens with two attached hydrogens (primary N) is 1. The lowest BCUT2D eigenvalue weighted by molar-refractivity contribution is 0.0785. The Morgan fingerprint density at radius 2 is 2.15 bits per heavy atom. The molecule has 4 nitrogen and oxygen atoms in total. The van der Waals surface area contributed by atoms with Gasteiger partial charge in [0, 0.05) is 13.6 Å². The standard InChI is InChI=1S/C15H16ClN3O/c1-10-4-3-5-11(6-10)9-19(2)15(20)13-7-12(17)8-18-14(13)16/h3-8H,9,17H2,1-2H3. The molecule has 2 rings (SSSR count).